The monoisotopic (exact) mass is 353 g/mol. The van der Waals surface area contributed by atoms with Gasteiger partial charge in [-0.15, -0.1) is 0 Å². The van der Waals surface area contributed by atoms with Crippen molar-refractivity contribution < 1.29 is 14.7 Å². The minimum atomic E-state index is -0.338. The van der Waals surface area contributed by atoms with E-state index in [9.17, 15) is 9.59 Å². The van der Waals surface area contributed by atoms with E-state index < -0.39 is 0 Å². The van der Waals surface area contributed by atoms with Crippen molar-refractivity contribution in [1.82, 2.24) is 0 Å². The molecule has 1 heterocycles. The Bertz CT molecular complexity index is 707. The van der Waals surface area contributed by atoms with E-state index in [1.54, 1.807) is 12.1 Å². The lowest BCUT2D eigenvalue weighted by Crippen LogP contribution is -2.30. The highest BCUT2D eigenvalue weighted by molar-refractivity contribution is 6.32. The van der Waals surface area contributed by atoms with Crippen LogP contribution in [0.5, 0.6) is 0 Å². The van der Waals surface area contributed by atoms with E-state index in [1.165, 1.54) is 30.2 Å². The minimum Gasteiger partial charge on any atom is -0.396 e. The predicted molar refractivity (Wildman–Crippen MR) is 104 cm³/mol. The Morgan fingerprint density at radius 1 is 0.923 bits per heavy atom. The fourth-order valence-electron chi connectivity index (χ4n) is 2.86. The van der Waals surface area contributed by atoms with E-state index in [-0.39, 0.29) is 24.0 Å². The molecule has 0 bridgehead atoms. The maximum absolute atomic E-state index is 12.4. The van der Waals surface area contributed by atoms with Crippen molar-refractivity contribution in [3.8, 4) is 11.8 Å². The van der Waals surface area contributed by atoms with Gasteiger partial charge in [0.2, 0.25) is 0 Å². The molecule has 4 nitrogen and oxygen atoms in total. The molecule has 138 valence electrons. The molecule has 0 saturated carbocycles. The lowest BCUT2D eigenvalue weighted by molar-refractivity contribution is -0.120. The van der Waals surface area contributed by atoms with Crippen LogP contribution in [0.4, 0.5) is 5.69 Å². The zero-order chi connectivity index (χ0) is 18.8. The number of hydrogen-bond acceptors (Lipinski definition) is 3. The predicted octanol–water partition coefficient (Wildman–Crippen LogP) is 3.91. The van der Waals surface area contributed by atoms with Gasteiger partial charge in [0.05, 0.1) is 11.3 Å². The van der Waals surface area contributed by atoms with Crippen molar-refractivity contribution >= 4 is 17.5 Å². The van der Waals surface area contributed by atoms with Crippen molar-refractivity contribution in [3.05, 3.63) is 41.5 Å². The second-order valence-corrected chi connectivity index (χ2v) is 6.62. The van der Waals surface area contributed by atoms with Crippen LogP contribution in [0.25, 0.3) is 0 Å². The SMILES string of the molecule is Cc1ccc(N2C(=O)C=C(C#CCCCCCCCCCO)C2=O)cc1. The Morgan fingerprint density at radius 2 is 1.54 bits per heavy atom. The van der Waals surface area contributed by atoms with Gasteiger partial charge in [-0.05, 0) is 31.9 Å². The van der Waals surface area contributed by atoms with E-state index in [0.29, 0.717) is 5.69 Å². The number of benzene rings is 1. The summed E-state index contributed by atoms with van der Waals surface area (Å²) in [5, 5.41) is 8.72. The molecule has 0 atom stereocenters. The molecule has 1 N–H and O–H groups in total. The van der Waals surface area contributed by atoms with Crippen LogP contribution in [0, 0.1) is 18.8 Å². The summed E-state index contributed by atoms with van der Waals surface area (Å²) in [4.78, 5) is 25.7. The number of imide groups is 1. The molecular formula is C22H27NO3. The maximum atomic E-state index is 12.4. The summed E-state index contributed by atoms with van der Waals surface area (Å²) in [6, 6.07) is 7.30. The standard InChI is InChI=1S/C22H27NO3/c1-18-12-14-20(15-13-18)23-21(25)17-19(22(23)26)11-9-7-5-3-2-4-6-8-10-16-24/h12-15,17,24H,2-8,10,16H2,1H3. The number of hydrogen-bond donors (Lipinski definition) is 1. The Balaban J connectivity index is 1.74. The fraction of sp³-hybridized carbons (Fsp3) is 0.455. The molecule has 2 rings (SSSR count). The molecule has 0 fully saturated rings. The van der Waals surface area contributed by atoms with E-state index in [4.69, 9.17) is 5.11 Å². The summed E-state index contributed by atoms with van der Waals surface area (Å²) in [6.45, 7) is 2.25. The van der Waals surface area contributed by atoms with Gasteiger partial charge in [0.1, 0.15) is 0 Å². The Kier molecular flexibility index (Phi) is 8.11. The number of aliphatic hydroxyl groups excluding tert-OH is 1. The van der Waals surface area contributed by atoms with Crippen LogP contribution in [0.15, 0.2) is 35.9 Å². The molecule has 0 aliphatic carbocycles. The van der Waals surface area contributed by atoms with E-state index >= 15 is 0 Å². The van der Waals surface area contributed by atoms with Crippen molar-refractivity contribution in [3.63, 3.8) is 0 Å². The lowest BCUT2D eigenvalue weighted by atomic mass is 10.1. The number of carbonyl (C=O) groups excluding carboxylic acids is 2. The number of anilines is 1. The molecule has 4 heteroatoms. The van der Waals surface area contributed by atoms with Crippen molar-refractivity contribution in [1.29, 1.82) is 0 Å². The summed E-state index contributed by atoms with van der Waals surface area (Å²) in [5.74, 6) is 5.22. The molecule has 1 aliphatic heterocycles. The van der Waals surface area contributed by atoms with Crippen LogP contribution in [0.1, 0.15) is 56.9 Å². The summed E-state index contributed by atoms with van der Waals surface area (Å²) >= 11 is 0. The topological polar surface area (TPSA) is 57.6 Å². The molecule has 0 saturated heterocycles. The smallest absolute Gasteiger partial charge is 0.274 e. The Hall–Kier alpha value is -2.38. The number of amides is 2. The summed E-state index contributed by atoms with van der Waals surface area (Å²) in [5.41, 5.74) is 1.94. The Morgan fingerprint density at radius 3 is 2.19 bits per heavy atom. The molecule has 1 aliphatic rings. The van der Waals surface area contributed by atoms with E-state index in [1.807, 2.05) is 19.1 Å². The largest absolute Gasteiger partial charge is 0.396 e. The first-order valence-corrected chi connectivity index (χ1v) is 9.40. The third-order valence-corrected chi connectivity index (χ3v) is 4.40. The molecule has 0 spiro atoms. The van der Waals surface area contributed by atoms with Crippen molar-refractivity contribution in [2.45, 2.75) is 58.3 Å². The van der Waals surface area contributed by atoms with Gasteiger partial charge in [-0.3, -0.25) is 9.59 Å². The average molecular weight is 353 g/mol. The quantitative estimate of drug-likeness (QED) is 0.416. The van der Waals surface area contributed by atoms with Gasteiger partial charge in [-0.25, -0.2) is 4.90 Å². The molecule has 1 aromatic carbocycles. The van der Waals surface area contributed by atoms with Crippen LogP contribution in [0.2, 0.25) is 0 Å². The molecule has 0 unspecified atom stereocenters. The fourth-order valence-corrected chi connectivity index (χ4v) is 2.86. The number of nitrogens with zero attached hydrogens (tertiary/aromatic N) is 1. The van der Waals surface area contributed by atoms with Gasteiger partial charge >= 0.3 is 0 Å². The number of aryl methyl sites for hydroxylation is 1. The number of unbranched alkanes of at least 4 members (excludes halogenated alkanes) is 7. The average Bonchev–Trinajstić information content (AvgIpc) is 2.91. The first-order valence-electron chi connectivity index (χ1n) is 9.40. The van der Waals surface area contributed by atoms with Crippen LogP contribution in [-0.4, -0.2) is 23.5 Å². The number of rotatable bonds is 9. The zero-order valence-electron chi connectivity index (χ0n) is 15.5. The van der Waals surface area contributed by atoms with Gasteiger partial charge in [0, 0.05) is 19.1 Å². The highest BCUT2D eigenvalue weighted by Gasteiger charge is 2.31. The molecule has 1 aromatic rings. The van der Waals surface area contributed by atoms with Crippen LogP contribution < -0.4 is 4.90 Å². The minimum absolute atomic E-state index is 0.277. The van der Waals surface area contributed by atoms with Crippen LogP contribution in [-0.2, 0) is 9.59 Å². The van der Waals surface area contributed by atoms with Gasteiger partial charge in [0.25, 0.3) is 11.8 Å². The van der Waals surface area contributed by atoms with E-state index in [0.717, 1.165) is 37.7 Å². The van der Waals surface area contributed by atoms with Crippen LogP contribution >= 0.6 is 0 Å². The second kappa shape index (κ2) is 10.6. The maximum Gasteiger partial charge on any atom is 0.274 e. The van der Waals surface area contributed by atoms with Gasteiger partial charge in [-0.2, -0.15) is 0 Å². The zero-order valence-corrected chi connectivity index (χ0v) is 15.5. The first kappa shape index (κ1) is 19.9. The molecule has 2 amide bonds. The van der Waals surface area contributed by atoms with Crippen molar-refractivity contribution in [2.24, 2.45) is 0 Å². The molecular weight excluding hydrogens is 326 g/mol. The third kappa shape index (κ3) is 5.86. The highest BCUT2D eigenvalue weighted by Crippen LogP contribution is 2.22. The number of carbonyl (C=O) groups is 2. The van der Waals surface area contributed by atoms with Crippen molar-refractivity contribution in [2.75, 3.05) is 11.5 Å². The van der Waals surface area contributed by atoms with Crippen LogP contribution in [0.3, 0.4) is 0 Å². The molecule has 26 heavy (non-hydrogen) atoms. The molecule has 0 aromatic heterocycles. The van der Waals surface area contributed by atoms with Gasteiger partial charge in [0.15, 0.2) is 0 Å². The first-order chi connectivity index (χ1) is 12.6. The summed E-state index contributed by atoms with van der Waals surface area (Å²) in [6.07, 6.45) is 9.72. The third-order valence-electron chi connectivity index (χ3n) is 4.40. The lowest BCUT2D eigenvalue weighted by Gasteiger charge is -2.14. The summed E-state index contributed by atoms with van der Waals surface area (Å²) in [7, 11) is 0. The highest BCUT2D eigenvalue weighted by atomic mass is 16.3. The second-order valence-electron chi connectivity index (χ2n) is 6.62. The molecule has 0 radical (unpaired) electrons. The normalized spacial score (nSPS) is 13.6. The van der Waals surface area contributed by atoms with E-state index in [2.05, 4.69) is 11.8 Å². The van der Waals surface area contributed by atoms with Gasteiger partial charge in [-0.1, -0.05) is 61.6 Å². The summed E-state index contributed by atoms with van der Waals surface area (Å²) < 4.78 is 0. The van der Waals surface area contributed by atoms with Gasteiger partial charge < -0.3 is 5.11 Å². The number of aliphatic hydroxyl groups is 1. The Labute approximate surface area is 155 Å².